The van der Waals surface area contributed by atoms with E-state index in [1.54, 1.807) is 0 Å². The summed E-state index contributed by atoms with van der Waals surface area (Å²) >= 11 is 0. The minimum atomic E-state index is -1.09. The van der Waals surface area contributed by atoms with Crippen molar-refractivity contribution >= 4 is 18.0 Å². The molecule has 0 radical (unpaired) electrons. The van der Waals surface area contributed by atoms with Crippen LogP contribution in [0.1, 0.15) is 24.0 Å². The highest BCUT2D eigenvalue weighted by Gasteiger charge is 2.41. The van der Waals surface area contributed by atoms with Gasteiger partial charge in [-0.15, -0.1) is 0 Å². The molecule has 0 aliphatic carbocycles. The molecule has 0 saturated carbocycles. The summed E-state index contributed by atoms with van der Waals surface area (Å²) in [6.45, 7) is 0.686. The van der Waals surface area contributed by atoms with Gasteiger partial charge < -0.3 is 14.6 Å². The molecule has 1 fully saturated rings. The fourth-order valence-electron chi connectivity index (χ4n) is 3.48. The molecule has 1 unspecified atom stereocenters. The van der Waals surface area contributed by atoms with Crippen molar-refractivity contribution in [3.8, 4) is 0 Å². The maximum absolute atomic E-state index is 13.1. The van der Waals surface area contributed by atoms with E-state index < -0.39 is 29.9 Å². The fraction of sp³-hybridized carbons (Fsp3) is 0.348. The minimum Gasteiger partial charge on any atom is -0.481 e. The van der Waals surface area contributed by atoms with E-state index in [1.165, 1.54) is 0 Å². The second-order valence-corrected chi connectivity index (χ2v) is 7.25. The molecule has 1 saturated heterocycles. The number of ether oxygens (including phenoxy) is 2. The third-order valence-corrected chi connectivity index (χ3v) is 5.01. The van der Waals surface area contributed by atoms with E-state index in [2.05, 4.69) is 0 Å². The summed E-state index contributed by atoms with van der Waals surface area (Å²) in [7, 11) is 0. The Labute approximate surface area is 175 Å². The molecule has 1 N–H and O–H groups in total. The SMILES string of the molecule is O=C(O)CC(CCOCc1ccccc1)C(=O)N1C(=O)OC[C@@H]1Cc1ccccc1. The third kappa shape index (κ3) is 5.90. The van der Waals surface area contributed by atoms with Gasteiger partial charge in [0.2, 0.25) is 5.91 Å². The normalized spacial score (nSPS) is 16.9. The van der Waals surface area contributed by atoms with Crippen molar-refractivity contribution in [1.82, 2.24) is 4.90 Å². The molecule has 7 nitrogen and oxygen atoms in total. The molecular weight excluding hydrogens is 386 g/mol. The molecule has 158 valence electrons. The van der Waals surface area contributed by atoms with E-state index in [-0.39, 0.29) is 26.1 Å². The van der Waals surface area contributed by atoms with Crippen LogP contribution in [0.3, 0.4) is 0 Å². The van der Waals surface area contributed by atoms with Crippen LogP contribution in [-0.4, -0.2) is 47.2 Å². The third-order valence-electron chi connectivity index (χ3n) is 5.01. The Morgan fingerprint density at radius 3 is 2.33 bits per heavy atom. The van der Waals surface area contributed by atoms with Crippen molar-refractivity contribution in [1.29, 1.82) is 0 Å². The Hall–Kier alpha value is -3.19. The maximum atomic E-state index is 13.1. The predicted molar refractivity (Wildman–Crippen MR) is 109 cm³/mol. The number of carbonyl (C=O) groups excluding carboxylic acids is 2. The number of carboxylic acids is 1. The number of nitrogens with zero attached hydrogens (tertiary/aromatic N) is 1. The van der Waals surface area contributed by atoms with Crippen molar-refractivity contribution in [3.63, 3.8) is 0 Å². The smallest absolute Gasteiger partial charge is 0.416 e. The van der Waals surface area contributed by atoms with Crippen LogP contribution >= 0.6 is 0 Å². The van der Waals surface area contributed by atoms with E-state index >= 15 is 0 Å². The van der Waals surface area contributed by atoms with Crippen molar-refractivity contribution in [2.24, 2.45) is 5.92 Å². The quantitative estimate of drug-likeness (QED) is 0.603. The molecule has 0 bridgehead atoms. The van der Waals surface area contributed by atoms with Crippen molar-refractivity contribution < 1.29 is 29.0 Å². The van der Waals surface area contributed by atoms with E-state index in [0.717, 1.165) is 16.0 Å². The lowest BCUT2D eigenvalue weighted by Gasteiger charge is -2.24. The summed E-state index contributed by atoms with van der Waals surface area (Å²) in [4.78, 5) is 37.7. The number of rotatable bonds is 10. The van der Waals surface area contributed by atoms with Gasteiger partial charge in [-0.3, -0.25) is 9.59 Å². The van der Waals surface area contributed by atoms with E-state index in [9.17, 15) is 19.5 Å². The number of amides is 2. The first-order valence-electron chi connectivity index (χ1n) is 9.92. The molecule has 2 atom stereocenters. The second-order valence-electron chi connectivity index (χ2n) is 7.25. The standard InChI is InChI=1S/C23H25NO6/c25-21(26)14-19(11-12-29-15-18-9-5-2-6-10-18)22(27)24-20(16-30-23(24)28)13-17-7-3-1-4-8-17/h1-10,19-20H,11-16H2,(H,25,26)/t19?,20-/m0/s1. The van der Waals surface area contributed by atoms with Crippen LogP contribution in [0.4, 0.5) is 4.79 Å². The van der Waals surface area contributed by atoms with E-state index in [4.69, 9.17) is 9.47 Å². The highest BCUT2D eigenvalue weighted by Crippen LogP contribution is 2.23. The zero-order chi connectivity index (χ0) is 21.3. The monoisotopic (exact) mass is 411 g/mol. The molecule has 0 aromatic heterocycles. The van der Waals surface area contributed by atoms with Gasteiger partial charge in [-0.2, -0.15) is 0 Å². The lowest BCUT2D eigenvalue weighted by molar-refractivity contribution is -0.144. The van der Waals surface area contributed by atoms with Crippen LogP contribution in [0, 0.1) is 5.92 Å². The van der Waals surface area contributed by atoms with Crippen LogP contribution < -0.4 is 0 Å². The summed E-state index contributed by atoms with van der Waals surface area (Å²) < 4.78 is 10.7. The summed E-state index contributed by atoms with van der Waals surface area (Å²) in [5.74, 6) is -2.48. The molecule has 1 aliphatic rings. The average Bonchev–Trinajstić information content (AvgIpc) is 3.11. The zero-order valence-corrected chi connectivity index (χ0v) is 16.6. The topological polar surface area (TPSA) is 93.1 Å². The molecule has 3 rings (SSSR count). The van der Waals surface area contributed by atoms with Crippen molar-refractivity contribution in [3.05, 3.63) is 71.8 Å². The van der Waals surface area contributed by atoms with Gasteiger partial charge in [0.1, 0.15) is 6.61 Å². The molecular formula is C23H25NO6. The Bertz CT molecular complexity index is 855. The van der Waals surface area contributed by atoms with Gasteiger partial charge in [0, 0.05) is 6.61 Å². The summed E-state index contributed by atoms with van der Waals surface area (Å²) in [6, 6.07) is 18.6. The molecule has 7 heteroatoms. The summed E-state index contributed by atoms with van der Waals surface area (Å²) in [5, 5.41) is 9.25. The number of hydrogen-bond donors (Lipinski definition) is 1. The molecule has 0 spiro atoms. The number of cyclic esters (lactones) is 1. The van der Waals surface area contributed by atoms with E-state index in [0.29, 0.717) is 13.0 Å². The first kappa shape index (κ1) is 21.5. The van der Waals surface area contributed by atoms with Crippen molar-refractivity contribution in [2.45, 2.75) is 31.9 Å². The Morgan fingerprint density at radius 1 is 1.07 bits per heavy atom. The molecule has 1 heterocycles. The Balaban J connectivity index is 1.62. The second kappa shape index (κ2) is 10.5. The lowest BCUT2D eigenvalue weighted by atomic mass is 9.98. The van der Waals surface area contributed by atoms with Gasteiger partial charge in [-0.05, 0) is 24.0 Å². The Morgan fingerprint density at radius 2 is 1.70 bits per heavy atom. The van der Waals surface area contributed by atoms with Crippen LogP contribution in [0.15, 0.2) is 60.7 Å². The van der Waals surface area contributed by atoms with Crippen LogP contribution in [0.2, 0.25) is 0 Å². The number of benzene rings is 2. The van der Waals surface area contributed by atoms with Gasteiger partial charge >= 0.3 is 12.1 Å². The molecule has 2 amide bonds. The van der Waals surface area contributed by atoms with Crippen molar-refractivity contribution in [2.75, 3.05) is 13.2 Å². The number of imide groups is 1. The van der Waals surface area contributed by atoms with Gasteiger partial charge in [0.15, 0.2) is 0 Å². The molecule has 2 aromatic carbocycles. The predicted octanol–water partition coefficient (Wildman–Crippen LogP) is 3.27. The summed E-state index contributed by atoms with van der Waals surface area (Å²) in [5.41, 5.74) is 1.96. The molecule has 30 heavy (non-hydrogen) atoms. The van der Waals surface area contributed by atoms with Gasteiger partial charge in [-0.25, -0.2) is 9.69 Å². The average molecular weight is 411 g/mol. The number of hydrogen-bond acceptors (Lipinski definition) is 5. The van der Waals surface area contributed by atoms with Gasteiger partial charge in [0.05, 0.1) is 25.0 Å². The van der Waals surface area contributed by atoms with Crippen LogP contribution in [-0.2, 0) is 32.1 Å². The van der Waals surface area contributed by atoms with Gasteiger partial charge in [0.25, 0.3) is 0 Å². The highest BCUT2D eigenvalue weighted by molar-refractivity contribution is 5.96. The van der Waals surface area contributed by atoms with Crippen LogP contribution in [0.25, 0.3) is 0 Å². The Kier molecular flexibility index (Phi) is 7.57. The zero-order valence-electron chi connectivity index (χ0n) is 16.6. The van der Waals surface area contributed by atoms with Gasteiger partial charge in [-0.1, -0.05) is 60.7 Å². The van der Waals surface area contributed by atoms with E-state index in [1.807, 2.05) is 60.7 Å². The maximum Gasteiger partial charge on any atom is 0.416 e. The first-order valence-corrected chi connectivity index (χ1v) is 9.92. The first-order chi connectivity index (χ1) is 14.5. The minimum absolute atomic E-state index is 0.101. The fourth-order valence-corrected chi connectivity index (χ4v) is 3.48. The number of carbonyl (C=O) groups is 3. The number of aliphatic carboxylic acids is 1. The number of carboxylic acid groups (broad SMARTS) is 1. The van der Waals surface area contributed by atoms with Crippen LogP contribution in [0.5, 0.6) is 0 Å². The largest absolute Gasteiger partial charge is 0.481 e. The molecule has 2 aromatic rings. The lowest BCUT2D eigenvalue weighted by Crippen LogP contribution is -2.44. The summed E-state index contributed by atoms with van der Waals surface area (Å²) in [6.07, 6.45) is -0.417. The molecule has 1 aliphatic heterocycles. The highest BCUT2D eigenvalue weighted by atomic mass is 16.6.